The SMILES string of the molecule is C[C@@H](Sc1nnc(CNc2cc(Cl)ccc2Cl)n1C)C(=O)Nc1ccccc1. The van der Waals surface area contributed by atoms with Gasteiger partial charge in [0.15, 0.2) is 11.0 Å². The molecule has 146 valence electrons. The van der Waals surface area contributed by atoms with Crippen molar-refractivity contribution in [2.45, 2.75) is 23.9 Å². The Morgan fingerprint density at radius 2 is 1.93 bits per heavy atom. The minimum Gasteiger partial charge on any atom is -0.376 e. The lowest BCUT2D eigenvalue weighted by atomic mass is 10.3. The fourth-order valence-electron chi connectivity index (χ4n) is 2.39. The van der Waals surface area contributed by atoms with Crippen molar-refractivity contribution in [1.29, 1.82) is 0 Å². The number of amides is 1. The van der Waals surface area contributed by atoms with E-state index in [-0.39, 0.29) is 11.2 Å². The number of benzene rings is 2. The van der Waals surface area contributed by atoms with Crippen LogP contribution in [0.2, 0.25) is 10.0 Å². The first-order valence-electron chi connectivity index (χ1n) is 8.54. The van der Waals surface area contributed by atoms with Gasteiger partial charge in [-0.1, -0.05) is 53.2 Å². The quantitative estimate of drug-likeness (QED) is 0.518. The number of aromatic nitrogens is 3. The summed E-state index contributed by atoms with van der Waals surface area (Å²) in [5.74, 6) is 0.624. The molecule has 0 aliphatic rings. The molecule has 1 atom stereocenters. The summed E-state index contributed by atoms with van der Waals surface area (Å²) in [5.41, 5.74) is 1.49. The van der Waals surface area contributed by atoms with Gasteiger partial charge < -0.3 is 15.2 Å². The molecule has 9 heteroatoms. The fourth-order valence-corrected chi connectivity index (χ4v) is 3.58. The highest BCUT2D eigenvalue weighted by Gasteiger charge is 2.19. The van der Waals surface area contributed by atoms with Crippen LogP contribution >= 0.6 is 35.0 Å². The highest BCUT2D eigenvalue weighted by Crippen LogP contribution is 2.26. The highest BCUT2D eigenvalue weighted by molar-refractivity contribution is 8.00. The summed E-state index contributed by atoms with van der Waals surface area (Å²) in [7, 11) is 1.86. The van der Waals surface area contributed by atoms with Crippen LogP contribution in [-0.4, -0.2) is 25.9 Å². The Kier molecular flexibility index (Phi) is 6.83. The fraction of sp³-hybridized carbons (Fsp3) is 0.211. The molecule has 28 heavy (non-hydrogen) atoms. The average Bonchev–Trinajstić information content (AvgIpc) is 3.03. The molecule has 3 aromatic rings. The Morgan fingerprint density at radius 3 is 2.68 bits per heavy atom. The van der Waals surface area contributed by atoms with E-state index in [1.54, 1.807) is 18.2 Å². The number of anilines is 2. The van der Waals surface area contributed by atoms with E-state index in [9.17, 15) is 4.79 Å². The molecular formula is C19H19Cl2N5OS. The van der Waals surface area contributed by atoms with Crippen molar-refractivity contribution >= 4 is 52.2 Å². The smallest absolute Gasteiger partial charge is 0.237 e. The molecule has 0 saturated heterocycles. The zero-order valence-electron chi connectivity index (χ0n) is 15.3. The van der Waals surface area contributed by atoms with Gasteiger partial charge in [0.2, 0.25) is 5.91 Å². The van der Waals surface area contributed by atoms with Crippen LogP contribution < -0.4 is 10.6 Å². The zero-order valence-corrected chi connectivity index (χ0v) is 17.6. The molecule has 0 spiro atoms. The third kappa shape index (κ3) is 5.19. The molecule has 3 rings (SSSR count). The van der Waals surface area contributed by atoms with Crippen molar-refractivity contribution < 1.29 is 4.79 Å². The number of hydrogen-bond acceptors (Lipinski definition) is 5. The second-order valence-corrected chi connectivity index (χ2v) is 8.20. The van der Waals surface area contributed by atoms with Gasteiger partial charge in [-0.15, -0.1) is 10.2 Å². The van der Waals surface area contributed by atoms with Gasteiger partial charge in [0, 0.05) is 17.8 Å². The van der Waals surface area contributed by atoms with Crippen molar-refractivity contribution in [3.8, 4) is 0 Å². The number of nitrogens with zero attached hydrogens (tertiary/aromatic N) is 3. The molecule has 0 aliphatic carbocycles. The van der Waals surface area contributed by atoms with E-state index in [0.717, 1.165) is 11.4 Å². The van der Waals surface area contributed by atoms with Crippen molar-refractivity contribution in [3.05, 3.63) is 64.4 Å². The summed E-state index contributed by atoms with van der Waals surface area (Å²) in [6.07, 6.45) is 0. The molecule has 0 saturated carbocycles. The lowest BCUT2D eigenvalue weighted by Crippen LogP contribution is -2.22. The first kappa shape index (κ1) is 20.5. The van der Waals surface area contributed by atoms with E-state index in [0.29, 0.717) is 27.6 Å². The molecule has 0 aliphatic heterocycles. The Labute approximate surface area is 177 Å². The molecule has 0 radical (unpaired) electrons. The maximum absolute atomic E-state index is 12.4. The lowest BCUT2D eigenvalue weighted by Gasteiger charge is -2.12. The van der Waals surface area contributed by atoms with Crippen LogP contribution in [0.15, 0.2) is 53.7 Å². The van der Waals surface area contributed by atoms with Gasteiger partial charge in [-0.25, -0.2) is 0 Å². The van der Waals surface area contributed by atoms with Crippen LogP contribution in [0.1, 0.15) is 12.7 Å². The Hall–Kier alpha value is -2.22. The van der Waals surface area contributed by atoms with Crippen LogP contribution in [0.3, 0.4) is 0 Å². The summed E-state index contributed by atoms with van der Waals surface area (Å²) in [5, 5.41) is 16.0. The predicted octanol–water partition coefficient (Wildman–Crippen LogP) is 4.85. The van der Waals surface area contributed by atoms with E-state index >= 15 is 0 Å². The van der Waals surface area contributed by atoms with Crippen LogP contribution in [0.4, 0.5) is 11.4 Å². The van der Waals surface area contributed by atoms with Crippen LogP contribution in [0, 0.1) is 0 Å². The number of nitrogens with one attached hydrogen (secondary N) is 2. The second kappa shape index (κ2) is 9.32. The van der Waals surface area contributed by atoms with Crippen molar-refractivity contribution in [3.63, 3.8) is 0 Å². The molecule has 6 nitrogen and oxygen atoms in total. The summed E-state index contributed by atoms with van der Waals surface area (Å²) in [6, 6.07) is 14.6. The van der Waals surface area contributed by atoms with E-state index < -0.39 is 0 Å². The molecule has 0 fully saturated rings. The minimum atomic E-state index is -0.328. The third-order valence-electron chi connectivity index (χ3n) is 3.98. The predicted molar refractivity (Wildman–Crippen MR) is 115 cm³/mol. The van der Waals surface area contributed by atoms with Gasteiger partial charge in [-0.3, -0.25) is 4.79 Å². The normalized spacial score (nSPS) is 11.9. The molecule has 2 aromatic carbocycles. The first-order valence-corrected chi connectivity index (χ1v) is 10.2. The van der Waals surface area contributed by atoms with Gasteiger partial charge in [-0.2, -0.15) is 0 Å². The van der Waals surface area contributed by atoms with Crippen LogP contribution in [0.25, 0.3) is 0 Å². The monoisotopic (exact) mass is 435 g/mol. The third-order valence-corrected chi connectivity index (χ3v) is 5.68. The number of para-hydroxylation sites is 1. The number of halogens is 2. The van der Waals surface area contributed by atoms with E-state index in [1.807, 2.05) is 48.9 Å². The lowest BCUT2D eigenvalue weighted by molar-refractivity contribution is -0.115. The number of thioether (sulfide) groups is 1. The van der Waals surface area contributed by atoms with E-state index in [4.69, 9.17) is 23.2 Å². The van der Waals surface area contributed by atoms with E-state index in [2.05, 4.69) is 20.8 Å². The van der Waals surface area contributed by atoms with Crippen molar-refractivity contribution in [2.24, 2.45) is 7.05 Å². The number of hydrogen-bond donors (Lipinski definition) is 2. The number of carbonyl (C=O) groups excluding carboxylic acids is 1. The summed E-state index contributed by atoms with van der Waals surface area (Å²) < 4.78 is 1.85. The molecule has 2 N–H and O–H groups in total. The highest BCUT2D eigenvalue weighted by atomic mass is 35.5. The first-order chi connectivity index (χ1) is 13.4. The largest absolute Gasteiger partial charge is 0.376 e. The van der Waals surface area contributed by atoms with Gasteiger partial charge >= 0.3 is 0 Å². The van der Waals surface area contributed by atoms with Crippen LogP contribution in [-0.2, 0) is 18.4 Å². The molecule has 0 bridgehead atoms. The number of carbonyl (C=O) groups is 1. The maximum atomic E-state index is 12.4. The van der Waals surface area contributed by atoms with Gasteiger partial charge in [0.25, 0.3) is 0 Å². The second-order valence-electron chi connectivity index (χ2n) is 6.05. The summed E-state index contributed by atoms with van der Waals surface area (Å²) >= 11 is 13.5. The molecule has 1 aromatic heterocycles. The molecule has 1 heterocycles. The summed E-state index contributed by atoms with van der Waals surface area (Å²) in [6.45, 7) is 2.26. The van der Waals surface area contributed by atoms with Gasteiger partial charge in [-0.05, 0) is 37.3 Å². The number of rotatable bonds is 7. The molecular weight excluding hydrogens is 417 g/mol. The van der Waals surface area contributed by atoms with Gasteiger partial charge in [0.1, 0.15) is 0 Å². The average molecular weight is 436 g/mol. The van der Waals surface area contributed by atoms with Crippen molar-refractivity contribution in [2.75, 3.05) is 10.6 Å². The van der Waals surface area contributed by atoms with Gasteiger partial charge in [0.05, 0.1) is 22.5 Å². The standard InChI is InChI=1S/C19H19Cl2N5OS/c1-12(18(27)23-14-6-4-3-5-7-14)28-19-25-24-17(26(19)2)11-22-16-10-13(20)8-9-15(16)21/h3-10,12,22H,11H2,1-2H3,(H,23,27)/t12-/m1/s1. The topological polar surface area (TPSA) is 71.8 Å². The maximum Gasteiger partial charge on any atom is 0.237 e. The minimum absolute atomic E-state index is 0.0930. The van der Waals surface area contributed by atoms with E-state index in [1.165, 1.54) is 11.8 Å². The Bertz CT molecular complexity index is 964. The molecule has 1 amide bonds. The van der Waals surface area contributed by atoms with Crippen molar-refractivity contribution in [1.82, 2.24) is 14.8 Å². The summed E-state index contributed by atoms with van der Waals surface area (Å²) in [4.78, 5) is 12.4. The Morgan fingerprint density at radius 1 is 1.18 bits per heavy atom. The Balaban J connectivity index is 1.61. The van der Waals surface area contributed by atoms with Crippen LogP contribution in [0.5, 0.6) is 0 Å². The zero-order chi connectivity index (χ0) is 20.1. The molecule has 0 unspecified atom stereocenters.